The highest BCUT2D eigenvalue weighted by Crippen LogP contribution is 2.24. The van der Waals surface area contributed by atoms with Crippen molar-refractivity contribution < 1.29 is 4.79 Å². The van der Waals surface area contributed by atoms with Crippen molar-refractivity contribution in [3.63, 3.8) is 0 Å². The van der Waals surface area contributed by atoms with Gasteiger partial charge in [0.2, 0.25) is 0 Å². The van der Waals surface area contributed by atoms with Crippen LogP contribution in [0.5, 0.6) is 0 Å². The number of aryl methyl sites for hydroxylation is 2. The van der Waals surface area contributed by atoms with E-state index in [1.807, 2.05) is 0 Å². The molecule has 2 heterocycles. The first-order chi connectivity index (χ1) is 13.4. The number of hydrogen-bond donors (Lipinski definition) is 1. The van der Waals surface area contributed by atoms with Crippen molar-refractivity contribution >= 4 is 28.5 Å². The molecule has 1 atom stereocenters. The zero-order chi connectivity index (χ0) is 19.8. The Morgan fingerprint density at radius 1 is 1.25 bits per heavy atom. The number of para-hydroxylation sites is 1. The molecule has 1 aromatic heterocycles. The molecule has 2 aromatic carbocycles. The molecule has 1 fully saturated rings. The molecule has 0 radical (unpaired) electrons. The Kier molecular flexibility index (Phi) is 4.94. The fraction of sp³-hybridized carbons (Fsp3) is 0.318. The number of amides is 1. The van der Waals surface area contributed by atoms with Crippen LogP contribution in [0.15, 0.2) is 41.2 Å². The fourth-order valence-corrected chi connectivity index (χ4v) is 4.09. The Bertz CT molecular complexity index is 1120. The van der Waals surface area contributed by atoms with E-state index >= 15 is 0 Å². The van der Waals surface area contributed by atoms with E-state index < -0.39 is 5.56 Å². The van der Waals surface area contributed by atoms with Crippen molar-refractivity contribution in [3.05, 3.63) is 74.2 Å². The van der Waals surface area contributed by atoms with Crippen molar-refractivity contribution in [3.8, 4) is 0 Å². The van der Waals surface area contributed by atoms with Crippen molar-refractivity contribution in [2.24, 2.45) is 0 Å². The molecule has 0 bridgehead atoms. The summed E-state index contributed by atoms with van der Waals surface area (Å²) >= 11 is 6.12. The van der Waals surface area contributed by atoms with Crippen molar-refractivity contribution in [2.75, 3.05) is 6.54 Å². The minimum absolute atomic E-state index is 0.0678. The van der Waals surface area contributed by atoms with Crippen LogP contribution in [-0.2, 0) is 6.42 Å². The zero-order valence-corrected chi connectivity index (χ0v) is 16.7. The molecule has 0 aliphatic carbocycles. The number of likely N-dealkylation sites (tertiary alicyclic amines) is 1. The zero-order valence-electron chi connectivity index (χ0n) is 16.0. The molecule has 0 saturated carbocycles. The van der Waals surface area contributed by atoms with E-state index in [-0.39, 0.29) is 17.6 Å². The number of nitrogens with zero attached hydrogens (tertiary/aromatic N) is 2. The number of hydrogen-bond acceptors (Lipinski definition) is 3. The van der Waals surface area contributed by atoms with Crippen LogP contribution in [-0.4, -0.2) is 33.4 Å². The summed E-state index contributed by atoms with van der Waals surface area (Å²) in [4.78, 5) is 34.5. The standard InChI is InChI=1S/C22H22ClN3O2/c1-13-8-9-15(11-14(13)2)12-16-5-4-10-26(16)22(28)20-21(27)25-19-17(23)6-3-7-18(19)24-20/h3,6-9,11,16H,4-5,10,12H2,1-2H3,(H,25,27). The number of benzene rings is 2. The molecule has 28 heavy (non-hydrogen) atoms. The number of H-pyrrole nitrogens is 1. The Labute approximate surface area is 168 Å². The van der Waals surface area contributed by atoms with Crippen LogP contribution in [0, 0.1) is 13.8 Å². The average Bonchev–Trinajstić information content (AvgIpc) is 3.12. The first-order valence-corrected chi connectivity index (χ1v) is 9.87. The summed E-state index contributed by atoms with van der Waals surface area (Å²) in [6.07, 6.45) is 2.64. The number of aromatic amines is 1. The highest BCUT2D eigenvalue weighted by molar-refractivity contribution is 6.34. The maximum atomic E-state index is 13.1. The molecule has 3 aromatic rings. The van der Waals surface area contributed by atoms with Crippen LogP contribution in [0.25, 0.3) is 11.0 Å². The molecular weight excluding hydrogens is 374 g/mol. The van der Waals surface area contributed by atoms with E-state index in [2.05, 4.69) is 42.0 Å². The lowest BCUT2D eigenvalue weighted by Crippen LogP contribution is -2.40. The second-order valence-corrected chi connectivity index (χ2v) is 7.87. The lowest BCUT2D eigenvalue weighted by Gasteiger charge is -2.24. The normalized spacial score (nSPS) is 16.7. The Morgan fingerprint density at radius 2 is 2.07 bits per heavy atom. The summed E-state index contributed by atoms with van der Waals surface area (Å²) in [5.41, 5.74) is 4.12. The van der Waals surface area contributed by atoms with Crippen molar-refractivity contribution in [1.82, 2.24) is 14.9 Å². The minimum atomic E-state index is -0.498. The number of fused-ring (bicyclic) bond motifs is 1. The fourth-order valence-electron chi connectivity index (χ4n) is 3.87. The number of carbonyl (C=O) groups is 1. The van der Waals surface area contributed by atoms with E-state index in [4.69, 9.17) is 11.6 Å². The van der Waals surface area contributed by atoms with E-state index in [0.29, 0.717) is 22.6 Å². The van der Waals surface area contributed by atoms with Gasteiger partial charge in [-0.25, -0.2) is 4.98 Å². The SMILES string of the molecule is Cc1ccc(CC2CCCN2C(=O)c2nc3cccc(Cl)c3[nH]c2=O)cc1C. The van der Waals surface area contributed by atoms with Gasteiger partial charge < -0.3 is 9.88 Å². The second-order valence-electron chi connectivity index (χ2n) is 7.47. The lowest BCUT2D eigenvalue weighted by atomic mass is 9.99. The summed E-state index contributed by atoms with van der Waals surface area (Å²) in [5, 5.41) is 0.412. The average molecular weight is 396 g/mol. The second kappa shape index (κ2) is 7.40. The molecular formula is C22H22ClN3O2. The molecule has 144 valence electrons. The van der Waals surface area contributed by atoms with E-state index in [0.717, 1.165) is 19.3 Å². The molecule has 1 aliphatic heterocycles. The Morgan fingerprint density at radius 3 is 2.86 bits per heavy atom. The quantitative estimate of drug-likeness (QED) is 0.727. The number of rotatable bonds is 3. The van der Waals surface area contributed by atoms with Gasteiger partial charge >= 0.3 is 0 Å². The van der Waals surface area contributed by atoms with Gasteiger partial charge in [0.1, 0.15) is 0 Å². The molecule has 5 nitrogen and oxygen atoms in total. The first kappa shape index (κ1) is 18.7. The van der Waals surface area contributed by atoms with E-state index in [9.17, 15) is 9.59 Å². The highest BCUT2D eigenvalue weighted by atomic mass is 35.5. The molecule has 1 unspecified atom stereocenters. The summed E-state index contributed by atoms with van der Waals surface area (Å²) in [6.45, 7) is 4.83. The maximum Gasteiger partial charge on any atom is 0.280 e. The number of carbonyl (C=O) groups excluding carboxylic acids is 1. The summed E-state index contributed by atoms with van der Waals surface area (Å²) in [6, 6.07) is 11.7. The molecule has 1 N–H and O–H groups in total. The van der Waals surface area contributed by atoms with Gasteiger partial charge in [0.15, 0.2) is 5.69 Å². The van der Waals surface area contributed by atoms with Crippen molar-refractivity contribution in [1.29, 1.82) is 0 Å². The van der Waals surface area contributed by atoms with Gasteiger partial charge in [-0.1, -0.05) is 35.9 Å². The summed E-state index contributed by atoms with van der Waals surface area (Å²) in [5.74, 6) is -0.311. The van der Waals surface area contributed by atoms with Gasteiger partial charge in [0.05, 0.1) is 16.1 Å². The van der Waals surface area contributed by atoms with Crippen molar-refractivity contribution in [2.45, 2.75) is 39.2 Å². The van der Waals surface area contributed by atoms with Gasteiger partial charge in [-0.3, -0.25) is 9.59 Å². The summed E-state index contributed by atoms with van der Waals surface area (Å²) in [7, 11) is 0. The summed E-state index contributed by atoms with van der Waals surface area (Å²) < 4.78 is 0. The number of aromatic nitrogens is 2. The highest BCUT2D eigenvalue weighted by Gasteiger charge is 2.31. The molecule has 0 spiro atoms. The smallest absolute Gasteiger partial charge is 0.280 e. The number of nitrogens with one attached hydrogen (secondary N) is 1. The van der Waals surface area contributed by atoms with Crippen LogP contribution in [0.3, 0.4) is 0 Å². The monoisotopic (exact) mass is 395 g/mol. The Balaban J connectivity index is 1.63. The van der Waals surface area contributed by atoms with E-state index in [1.54, 1.807) is 23.1 Å². The van der Waals surface area contributed by atoms with E-state index in [1.165, 1.54) is 16.7 Å². The Hall–Kier alpha value is -2.66. The molecule has 1 aliphatic rings. The predicted octanol–water partition coefficient (Wildman–Crippen LogP) is 4.04. The van der Waals surface area contributed by atoms with Crippen LogP contribution in [0.2, 0.25) is 5.02 Å². The first-order valence-electron chi connectivity index (χ1n) is 9.49. The third kappa shape index (κ3) is 3.42. The molecule has 1 saturated heterocycles. The van der Waals surface area contributed by atoms with Crippen LogP contribution in [0.4, 0.5) is 0 Å². The third-order valence-corrected chi connectivity index (χ3v) is 5.88. The molecule has 6 heteroatoms. The predicted molar refractivity (Wildman–Crippen MR) is 111 cm³/mol. The van der Waals surface area contributed by atoms with Crippen LogP contribution < -0.4 is 5.56 Å². The topological polar surface area (TPSA) is 66.1 Å². The van der Waals surface area contributed by atoms with Gasteiger partial charge in [0, 0.05) is 12.6 Å². The number of halogens is 1. The van der Waals surface area contributed by atoms with Gasteiger partial charge in [0.25, 0.3) is 11.5 Å². The van der Waals surface area contributed by atoms with Crippen LogP contribution in [0.1, 0.15) is 40.0 Å². The third-order valence-electron chi connectivity index (χ3n) is 5.56. The largest absolute Gasteiger partial charge is 0.334 e. The minimum Gasteiger partial charge on any atom is -0.334 e. The molecule has 1 amide bonds. The van der Waals surface area contributed by atoms with Gasteiger partial charge in [-0.2, -0.15) is 0 Å². The maximum absolute atomic E-state index is 13.1. The van der Waals surface area contributed by atoms with Gasteiger partial charge in [-0.05, 0) is 61.9 Å². The lowest BCUT2D eigenvalue weighted by molar-refractivity contribution is 0.0729. The van der Waals surface area contributed by atoms with Gasteiger partial charge in [-0.15, -0.1) is 0 Å². The molecule has 4 rings (SSSR count). The van der Waals surface area contributed by atoms with Crippen LogP contribution >= 0.6 is 11.6 Å².